The fourth-order valence-corrected chi connectivity index (χ4v) is 1.42. The molecular formula is C8H11FS. The molecule has 0 aromatic carbocycles. The molecule has 1 atom stereocenters. The minimum absolute atomic E-state index is 0.0718. The molecule has 0 aromatic heterocycles. The molecule has 0 saturated heterocycles. The average molecular weight is 158 g/mol. The molecule has 56 valence electrons. The molecule has 0 aliphatic heterocycles. The molecule has 0 N–H and O–H groups in total. The van der Waals surface area contributed by atoms with Crippen molar-refractivity contribution in [2.75, 3.05) is 0 Å². The van der Waals surface area contributed by atoms with E-state index in [0.29, 0.717) is 5.57 Å². The minimum atomic E-state index is -0.0718. The predicted molar refractivity (Wildman–Crippen MR) is 44.7 cm³/mol. The second-order valence-electron chi connectivity index (χ2n) is 2.73. The van der Waals surface area contributed by atoms with E-state index in [-0.39, 0.29) is 11.7 Å². The number of thiol groups is 1. The molecule has 1 aliphatic carbocycles. The van der Waals surface area contributed by atoms with Crippen molar-refractivity contribution in [3.63, 3.8) is 0 Å². The number of hydrogen-bond acceptors (Lipinski definition) is 1. The molecule has 0 bridgehead atoms. The maximum absolute atomic E-state index is 13.0. The summed E-state index contributed by atoms with van der Waals surface area (Å²) in [4.78, 5) is 0.870. The molecule has 0 heterocycles. The third-order valence-corrected chi connectivity index (χ3v) is 2.84. The van der Waals surface area contributed by atoms with Crippen molar-refractivity contribution in [1.82, 2.24) is 0 Å². The number of hydrogen-bond donors (Lipinski definition) is 1. The molecule has 1 unspecified atom stereocenters. The van der Waals surface area contributed by atoms with Gasteiger partial charge in [0, 0.05) is 5.92 Å². The first-order chi connectivity index (χ1) is 4.55. The lowest BCUT2D eigenvalue weighted by molar-refractivity contribution is 0.637. The van der Waals surface area contributed by atoms with Crippen LogP contribution in [0.1, 0.15) is 20.8 Å². The first-order valence-corrected chi connectivity index (χ1v) is 3.76. The van der Waals surface area contributed by atoms with Gasteiger partial charge in [0.05, 0.1) is 0 Å². The van der Waals surface area contributed by atoms with Crippen molar-refractivity contribution in [1.29, 1.82) is 0 Å². The molecular weight excluding hydrogens is 147 g/mol. The van der Waals surface area contributed by atoms with Crippen LogP contribution in [-0.4, -0.2) is 0 Å². The SMILES string of the molecule is CC1=C(S)C(C)C(C)=C1F. The standard InChI is InChI=1S/C8H11FS/c1-4-5(2)8(10)6(3)7(4)9/h5,10H,1-3H3. The van der Waals surface area contributed by atoms with E-state index in [1.165, 1.54) is 0 Å². The zero-order chi connectivity index (χ0) is 7.89. The van der Waals surface area contributed by atoms with Crippen LogP contribution in [0, 0.1) is 5.92 Å². The van der Waals surface area contributed by atoms with E-state index in [4.69, 9.17) is 0 Å². The lowest BCUT2D eigenvalue weighted by Gasteiger charge is -2.03. The lowest BCUT2D eigenvalue weighted by atomic mass is 10.1. The molecule has 1 rings (SSSR count). The van der Waals surface area contributed by atoms with Crippen LogP contribution in [0.15, 0.2) is 21.9 Å². The Morgan fingerprint density at radius 3 is 2.00 bits per heavy atom. The Labute approximate surface area is 66.2 Å². The molecule has 0 nitrogen and oxygen atoms in total. The first-order valence-electron chi connectivity index (χ1n) is 3.32. The van der Waals surface area contributed by atoms with E-state index >= 15 is 0 Å². The first kappa shape index (κ1) is 7.86. The summed E-state index contributed by atoms with van der Waals surface area (Å²) < 4.78 is 13.0. The highest BCUT2D eigenvalue weighted by Gasteiger charge is 2.23. The number of halogens is 1. The van der Waals surface area contributed by atoms with Crippen molar-refractivity contribution in [3.8, 4) is 0 Å². The molecule has 0 spiro atoms. The van der Waals surface area contributed by atoms with Gasteiger partial charge in [-0.1, -0.05) is 6.92 Å². The Kier molecular flexibility index (Phi) is 1.90. The van der Waals surface area contributed by atoms with E-state index in [2.05, 4.69) is 12.6 Å². The van der Waals surface area contributed by atoms with E-state index < -0.39 is 0 Å². The predicted octanol–water partition coefficient (Wildman–Crippen LogP) is 3.08. The average Bonchev–Trinajstić information content (AvgIpc) is 2.07. The Morgan fingerprint density at radius 1 is 1.40 bits per heavy atom. The summed E-state index contributed by atoms with van der Waals surface area (Å²) in [5, 5.41) is 0. The highest BCUT2D eigenvalue weighted by atomic mass is 32.1. The quantitative estimate of drug-likeness (QED) is 0.514. The van der Waals surface area contributed by atoms with Crippen molar-refractivity contribution < 1.29 is 4.39 Å². The van der Waals surface area contributed by atoms with Gasteiger partial charge in [0.25, 0.3) is 0 Å². The van der Waals surface area contributed by atoms with E-state index in [1.807, 2.05) is 13.8 Å². The molecule has 2 heteroatoms. The van der Waals surface area contributed by atoms with E-state index in [0.717, 1.165) is 10.5 Å². The minimum Gasteiger partial charge on any atom is -0.207 e. The number of rotatable bonds is 0. The van der Waals surface area contributed by atoms with Gasteiger partial charge in [-0.3, -0.25) is 0 Å². The Bertz CT molecular complexity index is 201. The summed E-state index contributed by atoms with van der Waals surface area (Å²) in [5.74, 6) is 0.112. The van der Waals surface area contributed by atoms with Gasteiger partial charge >= 0.3 is 0 Å². The molecule has 0 fully saturated rings. The molecule has 0 aromatic rings. The van der Waals surface area contributed by atoms with E-state index in [1.54, 1.807) is 6.92 Å². The van der Waals surface area contributed by atoms with Crippen molar-refractivity contribution >= 4 is 12.6 Å². The van der Waals surface area contributed by atoms with Crippen molar-refractivity contribution in [2.24, 2.45) is 5.92 Å². The summed E-state index contributed by atoms with van der Waals surface area (Å²) >= 11 is 4.20. The van der Waals surface area contributed by atoms with Crippen LogP contribution in [0.4, 0.5) is 4.39 Å². The molecule has 0 amide bonds. The summed E-state index contributed by atoms with van der Waals surface area (Å²) in [5.41, 5.74) is 1.51. The van der Waals surface area contributed by atoms with Crippen LogP contribution in [0.2, 0.25) is 0 Å². The Balaban J connectivity index is 3.09. The maximum atomic E-state index is 13.0. The van der Waals surface area contributed by atoms with Crippen LogP contribution in [0.25, 0.3) is 0 Å². The van der Waals surface area contributed by atoms with Gasteiger partial charge in [-0.25, -0.2) is 4.39 Å². The summed E-state index contributed by atoms with van der Waals surface area (Å²) in [7, 11) is 0. The molecule has 0 saturated carbocycles. The van der Waals surface area contributed by atoms with E-state index in [9.17, 15) is 4.39 Å². The van der Waals surface area contributed by atoms with Crippen LogP contribution < -0.4 is 0 Å². The zero-order valence-electron chi connectivity index (χ0n) is 6.40. The maximum Gasteiger partial charge on any atom is 0.126 e. The zero-order valence-corrected chi connectivity index (χ0v) is 7.30. The Morgan fingerprint density at radius 2 is 1.90 bits per heavy atom. The second kappa shape index (κ2) is 2.42. The van der Waals surface area contributed by atoms with Crippen LogP contribution >= 0.6 is 12.6 Å². The summed E-state index contributed by atoms with van der Waals surface area (Å²) in [6, 6.07) is 0. The van der Waals surface area contributed by atoms with Gasteiger partial charge in [-0.2, -0.15) is 0 Å². The largest absolute Gasteiger partial charge is 0.207 e. The fourth-order valence-electron chi connectivity index (χ4n) is 1.13. The van der Waals surface area contributed by atoms with Gasteiger partial charge in [0.2, 0.25) is 0 Å². The summed E-state index contributed by atoms with van der Waals surface area (Å²) in [6.07, 6.45) is 0. The van der Waals surface area contributed by atoms with Crippen LogP contribution in [-0.2, 0) is 0 Å². The smallest absolute Gasteiger partial charge is 0.126 e. The lowest BCUT2D eigenvalue weighted by Crippen LogP contribution is -1.90. The van der Waals surface area contributed by atoms with Crippen molar-refractivity contribution in [3.05, 3.63) is 21.9 Å². The monoisotopic (exact) mass is 158 g/mol. The number of allylic oxidation sites excluding steroid dienone is 4. The Hall–Kier alpha value is -0.240. The topological polar surface area (TPSA) is 0 Å². The summed E-state index contributed by atoms with van der Waals surface area (Å²) in [6.45, 7) is 5.55. The third kappa shape index (κ3) is 0.908. The van der Waals surface area contributed by atoms with Crippen LogP contribution in [0.5, 0.6) is 0 Å². The molecule has 1 aliphatic rings. The van der Waals surface area contributed by atoms with Gasteiger partial charge < -0.3 is 0 Å². The van der Waals surface area contributed by atoms with Gasteiger partial charge in [-0.15, -0.1) is 12.6 Å². The fraction of sp³-hybridized carbons (Fsp3) is 0.500. The van der Waals surface area contributed by atoms with Crippen LogP contribution in [0.3, 0.4) is 0 Å². The third-order valence-electron chi connectivity index (χ3n) is 2.12. The second-order valence-corrected chi connectivity index (χ2v) is 3.21. The van der Waals surface area contributed by atoms with Gasteiger partial charge in [0.1, 0.15) is 5.83 Å². The van der Waals surface area contributed by atoms with Gasteiger partial charge in [0.15, 0.2) is 0 Å². The van der Waals surface area contributed by atoms with Gasteiger partial charge in [-0.05, 0) is 29.9 Å². The van der Waals surface area contributed by atoms with Crippen molar-refractivity contribution in [2.45, 2.75) is 20.8 Å². The molecule has 0 radical (unpaired) electrons. The normalized spacial score (nSPS) is 26.7. The molecule has 10 heavy (non-hydrogen) atoms. The highest BCUT2D eigenvalue weighted by molar-refractivity contribution is 7.84. The highest BCUT2D eigenvalue weighted by Crippen LogP contribution is 2.38.